The number of benzene rings is 4. The van der Waals surface area contributed by atoms with Crippen LogP contribution in [0, 0.1) is 0 Å². The average molecular weight is 316 g/mol. The Bertz CT molecular complexity index is 1000. The standard InChI is InChI=1S/C22H20S/c1-2-5-22(23)17-10-11-19-16(14-17)9-13-20-18-7-4-3-6-15(18)8-12-21(19)20/h3-4,6-14,22-23H,2,5H2,1H3. The minimum atomic E-state index is 0.330. The molecule has 4 rings (SSSR count). The molecule has 0 nitrogen and oxygen atoms in total. The molecule has 0 aliphatic rings. The lowest BCUT2D eigenvalue weighted by molar-refractivity contribution is 0.783. The molecule has 0 bridgehead atoms. The fourth-order valence-corrected chi connectivity index (χ4v) is 3.91. The maximum Gasteiger partial charge on any atom is 0.0267 e. The summed E-state index contributed by atoms with van der Waals surface area (Å²) in [6.07, 6.45) is 2.28. The summed E-state index contributed by atoms with van der Waals surface area (Å²) < 4.78 is 0. The molecule has 114 valence electrons. The van der Waals surface area contributed by atoms with Crippen LogP contribution in [0.4, 0.5) is 0 Å². The van der Waals surface area contributed by atoms with Gasteiger partial charge in [0.05, 0.1) is 0 Å². The van der Waals surface area contributed by atoms with Crippen LogP contribution in [0.3, 0.4) is 0 Å². The smallest absolute Gasteiger partial charge is 0.0267 e. The highest BCUT2D eigenvalue weighted by atomic mass is 32.1. The molecular weight excluding hydrogens is 296 g/mol. The second-order valence-electron chi connectivity index (χ2n) is 6.23. The highest BCUT2D eigenvalue weighted by Crippen LogP contribution is 2.34. The molecule has 0 saturated heterocycles. The monoisotopic (exact) mass is 316 g/mol. The SMILES string of the molecule is CCCC(S)c1ccc2c(ccc3c4ccccc4ccc23)c1. The van der Waals surface area contributed by atoms with Crippen molar-refractivity contribution in [2.24, 2.45) is 0 Å². The Balaban J connectivity index is 1.96. The van der Waals surface area contributed by atoms with Gasteiger partial charge in [-0.25, -0.2) is 0 Å². The van der Waals surface area contributed by atoms with Crippen LogP contribution in [-0.4, -0.2) is 0 Å². The molecule has 1 unspecified atom stereocenters. The van der Waals surface area contributed by atoms with Gasteiger partial charge in [0, 0.05) is 5.25 Å². The van der Waals surface area contributed by atoms with E-state index in [4.69, 9.17) is 12.6 Å². The number of thiol groups is 1. The third-order valence-corrected chi connectivity index (χ3v) is 5.27. The zero-order valence-corrected chi connectivity index (χ0v) is 14.2. The Kier molecular flexibility index (Phi) is 3.74. The third-order valence-electron chi connectivity index (χ3n) is 4.71. The lowest BCUT2D eigenvalue weighted by atomic mass is 9.95. The first-order valence-corrected chi connectivity index (χ1v) is 8.82. The second kappa shape index (κ2) is 5.90. The van der Waals surface area contributed by atoms with Crippen molar-refractivity contribution in [2.75, 3.05) is 0 Å². The third kappa shape index (κ3) is 2.49. The minimum Gasteiger partial charge on any atom is -0.171 e. The summed E-state index contributed by atoms with van der Waals surface area (Å²) in [5, 5.41) is 8.26. The Morgan fingerprint density at radius 2 is 1.39 bits per heavy atom. The Morgan fingerprint density at radius 3 is 2.17 bits per heavy atom. The van der Waals surface area contributed by atoms with Gasteiger partial charge < -0.3 is 0 Å². The predicted octanol–water partition coefficient (Wildman–Crippen LogP) is 6.92. The van der Waals surface area contributed by atoms with Crippen LogP contribution in [0.5, 0.6) is 0 Å². The van der Waals surface area contributed by atoms with Crippen molar-refractivity contribution in [3.05, 3.63) is 72.3 Å². The van der Waals surface area contributed by atoms with E-state index in [-0.39, 0.29) is 0 Å². The Hall–Kier alpha value is -1.99. The molecule has 0 saturated carbocycles. The molecule has 0 radical (unpaired) electrons. The summed E-state index contributed by atoms with van der Waals surface area (Å²) in [6.45, 7) is 2.21. The van der Waals surface area contributed by atoms with E-state index in [9.17, 15) is 0 Å². The average Bonchev–Trinajstić information content (AvgIpc) is 2.60. The van der Waals surface area contributed by atoms with Crippen molar-refractivity contribution in [3.8, 4) is 0 Å². The van der Waals surface area contributed by atoms with Gasteiger partial charge >= 0.3 is 0 Å². The van der Waals surface area contributed by atoms with Crippen molar-refractivity contribution in [2.45, 2.75) is 25.0 Å². The van der Waals surface area contributed by atoms with Crippen molar-refractivity contribution < 1.29 is 0 Å². The lowest BCUT2D eigenvalue weighted by Crippen LogP contribution is -1.90. The number of rotatable bonds is 3. The van der Waals surface area contributed by atoms with Gasteiger partial charge in [0.1, 0.15) is 0 Å². The van der Waals surface area contributed by atoms with Gasteiger partial charge in [-0.05, 0) is 44.3 Å². The van der Waals surface area contributed by atoms with E-state index in [1.54, 1.807) is 0 Å². The molecule has 4 aromatic rings. The Labute approximate surface area is 142 Å². The topological polar surface area (TPSA) is 0 Å². The van der Waals surface area contributed by atoms with Crippen LogP contribution in [-0.2, 0) is 0 Å². The predicted molar refractivity (Wildman–Crippen MR) is 106 cm³/mol. The van der Waals surface area contributed by atoms with E-state index in [0.29, 0.717) is 5.25 Å². The Morgan fingerprint density at radius 1 is 0.739 bits per heavy atom. The first kappa shape index (κ1) is 14.6. The minimum absolute atomic E-state index is 0.330. The molecule has 0 aliphatic carbocycles. The normalized spacial score (nSPS) is 13.0. The highest BCUT2D eigenvalue weighted by molar-refractivity contribution is 7.80. The van der Waals surface area contributed by atoms with E-state index >= 15 is 0 Å². The van der Waals surface area contributed by atoms with Crippen LogP contribution in [0.25, 0.3) is 32.3 Å². The molecule has 1 atom stereocenters. The first-order valence-electron chi connectivity index (χ1n) is 8.30. The molecule has 23 heavy (non-hydrogen) atoms. The second-order valence-corrected chi connectivity index (χ2v) is 6.86. The van der Waals surface area contributed by atoms with E-state index in [2.05, 4.69) is 73.7 Å². The van der Waals surface area contributed by atoms with Gasteiger partial charge in [-0.2, -0.15) is 12.6 Å². The van der Waals surface area contributed by atoms with Crippen molar-refractivity contribution >= 4 is 44.9 Å². The molecule has 0 amide bonds. The van der Waals surface area contributed by atoms with Crippen LogP contribution in [0.2, 0.25) is 0 Å². The van der Waals surface area contributed by atoms with Gasteiger partial charge in [-0.3, -0.25) is 0 Å². The number of hydrogen-bond acceptors (Lipinski definition) is 1. The van der Waals surface area contributed by atoms with Gasteiger partial charge in [0.2, 0.25) is 0 Å². The fraction of sp³-hybridized carbons (Fsp3) is 0.182. The summed E-state index contributed by atoms with van der Waals surface area (Å²) in [5.74, 6) is 0. The zero-order chi connectivity index (χ0) is 15.8. The van der Waals surface area contributed by atoms with Gasteiger partial charge in [-0.1, -0.05) is 80.1 Å². The number of fused-ring (bicyclic) bond motifs is 5. The molecular formula is C22H20S. The molecule has 1 heteroatoms. The van der Waals surface area contributed by atoms with Crippen LogP contribution in [0.1, 0.15) is 30.6 Å². The van der Waals surface area contributed by atoms with E-state index in [1.165, 1.54) is 37.9 Å². The highest BCUT2D eigenvalue weighted by Gasteiger charge is 2.08. The molecule has 0 aliphatic heterocycles. The largest absolute Gasteiger partial charge is 0.171 e. The molecule has 0 N–H and O–H groups in total. The maximum absolute atomic E-state index is 4.75. The first-order chi connectivity index (χ1) is 11.3. The fourth-order valence-electron chi connectivity index (χ4n) is 3.49. The summed E-state index contributed by atoms with van der Waals surface area (Å²) in [7, 11) is 0. The molecule has 0 spiro atoms. The quantitative estimate of drug-likeness (QED) is 0.308. The molecule has 0 heterocycles. The summed E-state index contributed by atoms with van der Waals surface area (Å²) in [5.41, 5.74) is 1.32. The van der Waals surface area contributed by atoms with Crippen molar-refractivity contribution in [3.63, 3.8) is 0 Å². The van der Waals surface area contributed by atoms with Gasteiger partial charge in [-0.15, -0.1) is 0 Å². The van der Waals surface area contributed by atoms with E-state index < -0.39 is 0 Å². The van der Waals surface area contributed by atoms with E-state index in [1.807, 2.05) is 0 Å². The van der Waals surface area contributed by atoms with Crippen LogP contribution >= 0.6 is 12.6 Å². The maximum atomic E-state index is 4.75. The molecule has 0 aromatic heterocycles. The zero-order valence-electron chi connectivity index (χ0n) is 13.3. The summed E-state index contributed by atoms with van der Waals surface area (Å²) in [4.78, 5) is 0. The summed E-state index contributed by atoms with van der Waals surface area (Å²) in [6, 6.07) is 24.4. The molecule has 4 aromatic carbocycles. The van der Waals surface area contributed by atoms with E-state index in [0.717, 1.165) is 12.8 Å². The summed E-state index contributed by atoms with van der Waals surface area (Å²) >= 11 is 4.75. The lowest BCUT2D eigenvalue weighted by Gasteiger charge is -2.12. The van der Waals surface area contributed by atoms with Crippen molar-refractivity contribution in [1.29, 1.82) is 0 Å². The number of hydrogen-bond donors (Lipinski definition) is 1. The molecule has 0 fully saturated rings. The van der Waals surface area contributed by atoms with Crippen LogP contribution in [0.15, 0.2) is 66.7 Å². The van der Waals surface area contributed by atoms with Crippen LogP contribution < -0.4 is 0 Å². The van der Waals surface area contributed by atoms with Crippen molar-refractivity contribution in [1.82, 2.24) is 0 Å². The van der Waals surface area contributed by atoms with Gasteiger partial charge in [0.15, 0.2) is 0 Å². The van der Waals surface area contributed by atoms with Gasteiger partial charge in [0.25, 0.3) is 0 Å².